The predicted molar refractivity (Wildman–Crippen MR) is 299 cm³/mol. The van der Waals surface area contributed by atoms with Crippen LogP contribution in [-0.4, -0.2) is 46.4 Å². The van der Waals surface area contributed by atoms with Gasteiger partial charge in [0.1, 0.15) is 24.7 Å². The summed E-state index contributed by atoms with van der Waals surface area (Å²) in [6.07, 6.45) is 1.47. The van der Waals surface area contributed by atoms with Gasteiger partial charge in [0.25, 0.3) is 0 Å². The average molecular weight is 1240 g/mol. The van der Waals surface area contributed by atoms with Crippen LogP contribution in [0.5, 0.6) is 11.5 Å². The molecule has 6 aromatic carbocycles. The van der Waals surface area contributed by atoms with Crippen LogP contribution in [0.2, 0.25) is 0 Å². The van der Waals surface area contributed by atoms with Crippen LogP contribution in [0.4, 0.5) is 0 Å². The Balaban J connectivity index is 0.000000331. The van der Waals surface area contributed by atoms with Crippen LogP contribution in [0.15, 0.2) is 158 Å². The first-order valence-electron chi connectivity index (χ1n) is 23.3. The minimum absolute atomic E-state index is 0. The fraction of sp³-hybridized carbons (Fsp3) is 0.373. The molecule has 0 N–H and O–H groups in total. The van der Waals surface area contributed by atoms with E-state index in [1.165, 1.54) is 22.3 Å². The summed E-state index contributed by atoms with van der Waals surface area (Å²) in [4.78, 5) is 18.0. The van der Waals surface area contributed by atoms with Crippen molar-refractivity contribution in [1.29, 1.82) is 0 Å². The topological polar surface area (TPSA) is 42.0 Å². The van der Waals surface area contributed by atoms with Gasteiger partial charge >= 0.3 is 50.5 Å². The Morgan fingerprint density at radius 1 is 0.522 bits per heavy atom. The van der Waals surface area contributed by atoms with Gasteiger partial charge in [0.15, 0.2) is 0 Å². The third-order valence-electron chi connectivity index (χ3n) is 11.7. The van der Waals surface area contributed by atoms with Gasteiger partial charge < -0.3 is 14.4 Å². The van der Waals surface area contributed by atoms with Crippen molar-refractivity contribution in [1.82, 2.24) is 9.80 Å². The van der Waals surface area contributed by atoms with E-state index in [2.05, 4.69) is 221 Å². The first kappa shape index (κ1) is 57.9. The molecule has 1 unspecified atom stereocenters. The maximum atomic E-state index is 13.4. The van der Waals surface area contributed by atoms with Gasteiger partial charge in [-0.3, -0.25) is 9.69 Å². The number of carbonyl (C=O) groups excluding carboxylic acids is 1. The molecule has 0 spiro atoms. The molecule has 362 valence electrons. The second-order valence-corrected chi connectivity index (χ2v) is 34.3. The van der Waals surface area contributed by atoms with Crippen LogP contribution in [-0.2, 0) is 18.0 Å². The van der Waals surface area contributed by atoms with Crippen LogP contribution < -0.4 is 22.7 Å². The Morgan fingerprint density at radius 2 is 0.881 bits per heavy atom. The van der Waals surface area contributed by atoms with Crippen molar-refractivity contribution in [3.05, 3.63) is 202 Å². The van der Waals surface area contributed by atoms with Crippen molar-refractivity contribution >= 4 is 43.1 Å². The number of hydrogen-bond donors (Lipinski definition) is 0. The van der Waals surface area contributed by atoms with E-state index in [1.807, 2.05) is 53.4 Å². The van der Waals surface area contributed by atoms with Gasteiger partial charge in [0.2, 0.25) is 5.91 Å². The van der Waals surface area contributed by atoms with Crippen LogP contribution in [0, 0.1) is 13.8 Å². The molecular formula is C59H76I3N2O3-. The molecule has 1 amide bonds. The summed E-state index contributed by atoms with van der Waals surface area (Å²) >= 11 is 5.30. The van der Waals surface area contributed by atoms with Crippen molar-refractivity contribution < 1.29 is 27.5 Å². The summed E-state index contributed by atoms with van der Waals surface area (Å²) in [5.74, 6) is 2.21. The summed E-state index contributed by atoms with van der Waals surface area (Å²) in [6.45, 7) is 23.9. The molecule has 0 aliphatic carbocycles. The molecule has 8 heteroatoms. The van der Waals surface area contributed by atoms with Gasteiger partial charge in [-0.1, -0.05) is 164 Å². The van der Waals surface area contributed by atoms with E-state index in [0.29, 0.717) is 50.9 Å². The summed E-state index contributed by atoms with van der Waals surface area (Å²) in [5, 5.41) is 0. The number of ether oxygens (including phenoxy) is 2. The van der Waals surface area contributed by atoms with E-state index < -0.39 is 0 Å². The molecule has 0 aromatic heterocycles. The van der Waals surface area contributed by atoms with Crippen molar-refractivity contribution in [2.45, 2.75) is 139 Å². The van der Waals surface area contributed by atoms with Crippen LogP contribution in [0.25, 0.3) is 0 Å². The molecule has 0 heterocycles. The van der Waals surface area contributed by atoms with Crippen LogP contribution >= 0.6 is 37.2 Å². The molecule has 6 aromatic rings. The van der Waals surface area contributed by atoms with Gasteiger partial charge in [-0.15, -0.1) is 0 Å². The van der Waals surface area contributed by atoms with Gasteiger partial charge in [-0.05, 0) is 117 Å². The Hall–Kier alpha value is -3.46. The number of carbonyl (C=O) groups is 1. The molecule has 0 aliphatic heterocycles. The summed E-state index contributed by atoms with van der Waals surface area (Å²) < 4.78 is 12.7. The number of nitrogens with zero attached hydrogens (tertiary/aromatic N) is 2. The van der Waals surface area contributed by atoms with Crippen molar-refractivity contribution in [2.24, 2.45) is 0 Å². The van der Waals surface area contributed by atoms with E-state index >= 15 is 0 Å². The number of benzene rings is 6. The van der Waals surface area contributed by atoms with Crippen LogP contribution in [0.3, 0.4) is 0 Å². The Kier molecular flexibility index (Phi) is 26.7. The predicted octanol–water partition coefficient (Wildman–Crippen LogP) is 13.4. The number of hydrogen-bond acceptors (Lipinski definition) is 4. The molecule has 0 bridgehead atoms. The average Bonchev–Trinajstić information content (AvgIpc) is 3.30. The molecule has 6 rings (SSSR count). The fourth-order valence-corrected chi connectivity index (χ4v) is 8.74. The molecule has 67 heavy (non-hydrogen) atoms. The monoisotopic (exact) mass is 1240 g/mol. The first-order valence-corrected chi connectivity index (χ1v) is 35.9. The zero-order valence-corrected chi connectivity index (χ0v) is 47.2. The summed E-state index contributed by atoms with van der Waals surface area (Å²) in [6, 6.07) is 56.0. The van der Waals surface area contributed by atoms with Crippen molar-refractivity contribution in [2.75, 3.05) is 6.54 Å². The first-order chi connectivity index (χ1) is 31.7. The molecule has 0 fully saturated rings. The number of amides is 1. The van der Waals surface area contributed by atoms with Gasteiger partial charge in [-0.25, -0.2) is 0 Å². The molecule has 2 atom stereocenters. The third kappa shape index (κ3) is 19.1. The van der Waals surface area contributed by atoms with E-state index in [9.17, 15) is 4.79 Å². The van der Waals surface area contributed by atoms with E-state index in [1.54, 1.807) is 0 Å². The van der Waals surface area contributed by atoms with Crippen molar-refractivity contribution in [3.8, 4) is 11.5 Å². The SMILES string of the molecule is C.Cc1ccc(OCc2ccccc2)c(C(CC(=O)N(C(C)C)C(C)C)c2ccccc2)c1.Cc1ccc(OCc2ccccc2)c([C@H](CCN(C(C)C)C(C)C)c2ccccc2)c1.I[I-]I. The number of rotatable bonds is 19. The number of halogens is 3. The molecular weight excluding hydrogens is 1170 g/mol. The molecule has 0 saturated heterocycles. The zero-order chi connectivity index (χ0) is 48.0. The molecule has 0 aliphatic rings. The Morgan fingerprint density at radius 3 is 1.25 bits per heavy atom. The minimum atomic E-state index is -0.0747. The molecule has 0 radical (unpaired) electrons. The van der Waals surface area contributed by atoms with Gasteiger partial charge in [0, 0.05) is 53.6 Å². The molecule has 5 nitrogen and oxygen atoms in total. The van der Waals surface area contributed by atoms with Crippen LogP contribution in [0.1, 0.15) is 132 Å². The Labute approximate surface area is 435 Å². The van der Waals surface area contributed by atoms with E-state index in [0.717, 1.165) is 46.7 Å². The van der Waals surface area contributed by atoms with E-state index in [4.69, 9.17) is 9.47 Å². The summed E-state index contributed by atoms with van der Waals surface area (Å²) in [7, 11) is 0. The third-order valence-corrected chi connectivity index (χ3v) is 11.7. The zero-order valence-electron chi connectivity index (χ0n) is 40.8. The fourth-order valence-electron chi connectivity index (χ4n) is 8.74. The second kappa shape index (κ2) is 30.9. The van der Waals surface area contributed by atoms with Crippen molar-refractivity contribution in [3.63, 3.8) is 0 Å². The van der Waals surface area contributed by atoms with Gasteiger partial charge in [0.05, 0.1) is 0 Å². The normalized spacial score (nSPS) is 11.9. The number of aryl methyl sites for hydroxylation is 2. The quantitative estimate of drug-likeness (QED) is 0.0758. The Bertz CT molecular complexity index is 2260. The molecule has 0 saturated carbocycles. The van der Waals surface area contributed by atoms with E-state index in [-0.39, 0.29) is 31.3 Å². The summed E-state index contributed by atoms with van der Waals surface area (Å²) in [5.41, 5.74) is 9.57. The maximum absolute atomic E-state index is 13.4. The standard InChI is InChI=1S/C29H35NO2.C29H37NO.CH4.I3/c1-21(2)30(22(3)4)29(31)19-26(25-14-10-7-11-15-25)27-18-23(5)16-17-28(27)32-20-24-12-8-6-9-13-24;1-22(2)30(23(3)4)19-18-27(26-14-10-7-11-15-26)28-20-24(5)16-17-29(28)31-21-25-12-8-6-9-13-25;;1-3-2/h6-18,21-22,26H,19-20H2,1-5H3;6-17,20,22-23,27H,18-19,21H2,1-5H3;1H4;/q;;;-1/t;27-;;/m.1../s1. The second-order valence-electron chi connectivity index (χ2n) is 18.0. The van der Waals surface area contributed by atoms with Gasteiger partial charge in [-0.2, -0.15) is 0 Å².